The predicted octanol–water partition coefficient (Wildman–Crippen LogP) is 2.24. The van der Waals surface area contributed by atoms with Crippen molar-refractivity contribution in [1.29, 1.82) is 0 Å². The molecule has 3 N–H and O–H groups in total. The molecule has 0 radical (unpaired) electrons. The van der Waals surface area contributed by atoms with E-state index in [9.17, 15) is 0 Å². The van der Waals surface area contributed by atoms with E-state index in [1.54, 1.807) is 38.5 Å². The molecular formula is C13H15ClN4O2. The second kappa shape index (κ2) is 6.51. The first-order valence-corrected chi connectivity index (χ1v) is 6.23. The van der Waals surface area contributed by atoms with Gasteiger partial charge in [0.2, 0.25) is 0 Å². The van der Waals surface area contributed by atoms with Gasteiger partial charge in [-0.3, -0.25) is 0 Å². The molecule has 0 aliphatic carbocycles. The van der Waals surface area contributed by atoms with Crippen LogP contribution in [0.15, 0.2) is 24.3 Å². The van der Waals surface area contributed by atoms with Gasteiger partial charge in [-0.05, 0) is 12.1 Å². The number of nitrogens with two attached hydrogens (primary N) is 1. The molecule has 1 aromatic heterocycles. The number of methoxy groups -OCH3 is 2. The third-order valence-corrected chi connectivity index (χ3v) is 2.95. The smallest absolute Gasteiger partial charge is 0.167 e. The Balaban J connectivity index is 2.59. The Morgan fingerprint density at radius 3 is 2.75 bits per heavy atom. The van der Waals surface area contributed by atoms with E-state index in [-0.39, 0.29) is 0 Å². The molecule has 0 atom stereocenters. The summed E-state index contributed by atoms with van der Waals surface area (Å²) in [6.07, 6.45) is 0. The van der Waals surface area contributed by atoms with E-state index in [0.717, 1.165) is 0 Å². The molecule has 0 saturated heterocycles. The maximum atomic E-state index is 6.22. The summed E-state index contributed by atoms with van der Waals surface area (Å²) >= 11 is 6.22. The monoisotopic (exact) mass is 294 g/mol. The van der Waals surface area contributed by atoms with Gasteiger partial charge in [0.1, 0.15) is 11.6 Å². The van der Waals surface area contributed by atoms with Crippen LogP contribution in [0.25, 0.3) is 11.4 Å². The van der Waals surface area contributed by atoms with Crippen molar-refractivity contribution < 1.29 is 9.47 Å². The molecule has 0 aliphatic rings. The lowest BCUT2D eigenvalue weighted by molar-refractivity contribution is 0.181. The summed E-state index contributed by atoms with van der Waals surface area (Å²) in [5.74, 6) is 6.92. The SMILES string of the molecule is COCc1cc(NN)nc(-c2c(Cl)cccc2OC)n1. The molecule has 7 heteroatoms. The first-order chi connectivity index (χ1) is 9.69. The molecule has 0 saturated carbocycles. The maximum absolute atomic E-state index is 6.22. The molecule has 2 aromatic rings. The van der Waals surface area contributed by atoms with E-state index in [1.807, 2.05) is 0 Å². The fourth-order valence-electron chi connectivity index (χ4n) is 1.80. The van der Waals surface area contributed by atoms with Crippen LogP contribution in [0.4, 0.5) is 5.82 Å². The summed E-state index contributed by atoms with van der Waals surface area (Å²) in [6, 6.07) is 7.05. The number of hydrogen-bond donors (Lipinski definition) is 2. The third kappa shape index (κ3) is 2.98. The third-order valence-electron chi connectivity index (χ3n) is 2.64. The number of nitrogens with zero attached hydrogens (tertiary/aromatic N) is 2. The average molecular weight is 295 g/mol. The Morgan fingerprint density at radius 1 is 1.30 bits per heavy atom. The van der Waals surface area contributed by atoms with E-state index < -0.39 is 0 Å². The summed E-state index contributed by atoms with van der Waals surface area (Å²) in [7, 11) is 3.16. The summed E-state index contributed by atoms with van der Waals surface area (Å²) < 4.78 is 10.4. The number of aromatic nitrogens is 2. The molecule has 0 fully saturated rings. The molecule has 0 spiro atoms. The van der Waals surface area contributed by atoms with Crippen molar-refractivity contribution in [3.05, 3.63) is 35.0 Å². The largest absolute Gasteiger partial charge is 0.496 e. The van der Waals surface area contributed by atoms with Crippen LogP contribution < -0.4 is 16.0 Å². The molecular weight excluding hydrogens is 280 g/mol. The first kappa shape index (κ1) is 14.5. The molecule has 0 bridgehead atoms. The number of ether oxygens (including phenoxy) is 2. The van der Waals surface area contributed by atoms with Crippen LogP contribution >= 0.6 is 11.6 Å². The van der Waals surface area contributed by atoms with Gasteiger partial charge in [-0.1, -0.05) is 17.7 Å². The van der Waals surface area contributed by atoms with Gasteiger partial charge in [0, 0.05) is 13.2 Å². The number of benzene rings is 1. The highest BCUT2D eigenvalue weighted by atomic mass is 35.5. The zero-order valence-corrected chi connectivity index (χ0v) is 11.9. The van der Waals surface area contributed by atoms with Crippen LogP contribution in [-0.2, 0) is 11.3 Å². The van der Waals surface area contributed by atoms with Crippen LogP contribution in [-0.4, -0.2) is 24.2 Å². The van der Waals surface area contributed by atoms with Gasteiger partial charge >= 0.3 is 0 Å². The fourth-order valence-corrected chi connectivity index (χ4v) is 2.05. The maximum Gasteiger partial charge on any atom is 0.167 e. The predicted molar refractivity (Wildman–Crippen MR) is 77.6 cm³/mol. The van der Waals surface area contributed by atoms with Crippen molar-refractivity contribution in [2.45, 2.75) is 6.61 Å². The van der Waals surface area contributed by atoms with Crippen LogP contribution in [0.3, 0.4) is 0 Å². The van der Waals surface area contributed by atoms with Gasteiger partial charge in [0.25, 0.3) is 0 Å². The lowest BCUT2D eigenvalue weighted by atomic mass is 10.2. The van der Waals surface area contributed by atoms with Crippen LogP contribution in [0.2, 0.25) is 5.02 Å². The summed E-state index contributed by atoms with van der Waals surface area (Å²) in [6.45, 7) is 0.344. The second-order valence-corrected chi connectivity index (χ2v) is 4.37. The summed E-state index contributed by atoms with van der Waals surface area (Å²) in [4.78, 5) is 8.72. The average Bonchev–Trinajstić information content (AvgIpc) is 2.46. The van der Waals surface area contributed by atoms with E-state index in [4.69, 9.17) is 26.9 Å². The number of hydrazine groups is 1. The highest BCUT2D eigenvalue weighted by Gasteiger charge is 2.15. The molecule has 0 aliphatic heterocycles. The van der Waals surface area contributed by atoms with Crippen molar-refractivity contribution in [1.82, 2.24) is 9.97 Å². The van der Waals surface area contributed by atoms with Gasteiger partial charge in [0.05, 0.1) is 30.0 Å². The topological polar surface area (TPSA) is 82.3 Å². The highest BCUT2D eigenvalue weighted by Crippen LogP contribution is 2.34. The van der Waals surface area contributed by atoms with Gasteiger partial charge in [-0.15, -0.1) is 0 Å². The van der Waals surface area contributed by atoms with Gasteiger partial charge in [-0.2, -0.15) is 0 Å². The molecule has 0 unspecified atom stereocenters. The summed E-state index contributed by atoms with van der Waals surface area (Å²) in [5.41, 5.74) is 3.81. The zero-order valence-electron chi connectivity index (χ0n) is 11.2. The Kier molecular flexibility index (Phi) is 4.73. The van der Waals surface area contributed by atoms with E-state index in [2.05, 4.69) is 15.4 Å². The van der Waals surface area contributed by atoms with E-state index in [1.165, 1.54) is 0 Å². The number of rotatable bonds is 5. The number of hydrogen-bond acceptors (Lipinski definition) is 6. The molecule has 0 amide bonds. The second-order valence-electron chi connectivity index (χ2n) is 3.96. The Hall–Kier alpha value is -1.89. The van der Waals surface area contributed by atoms with Crippen LogP contribution in [0.5, 0.6) is 5.75 Å². The molecule has 1 heterocycles. The Labute approximate surface area is 121 Å². The van der Waals surface area contributed by atoms with Crippen molar-refractivity contribution in [3.8, 4) is 17.1 Å². The Bertz CT molecular complexity index is 607. The van der Waals surface area contributed by atoms with Gasteiger partial charge in [-0.25, -0.2) is 15.8 Å². The molecule has 1 aromatic carbocycles. The lowest BCUT2D eigenvalue weighted by Gasteiger charge is -2.11. The lowest BCUT2D eigenvalue weighted by Crippen LogP contribution is -2.11. The number of halogens is 1. The van der Waals surface area contributed by atoms with E-state index in [0.29, 0.717) is 40.3 Å². The minimum absolute atomic E-state index is 0.344. The first-order valence-electron chi connectivity index (χ1n) is 5.86. The van der Waals surface area contributed by atoms with Gasteiger partial charge < -0.3 is 14.9 Å². The van der Waals surface area contributed by atoms with Crippen LogP contribution in [0.1, 0.15) is 5.69 Å². The summed E-state index contributed by atoms with van der Waals surface area (Å²) in [5, 5.41) is 0.502. The molecule has 20 heavy (non-hydrogen) atoms. The van der Waals surface area contributed by atoms with Gasteiger partial charge in [0.15, 0.2) is 5.82 Å². The van der Waals surface area contributed by atoms with Crippen LogP contribution in [0, 0.1) is 0 Å². The number of anilines is 1. The zero-order chi connectivity index (χ0) is 14.5. The minimum atomic E-state index is 0.344. The molecule has 6 nitrogen and oxygen atoms in total. The van der Waals surface area contributed by atoms with E-state index >= 15 is 0 Å². The van der Waals surface area contributed by atoms with Crippen molar-refractivity contribution >= 4 is 17.4 Å². The van der Waals surface area contributed by atoms with Crippen molar-refractivity contribution in [2.24, 2.45) is 5.84 Å². The molecule has 2 rings (SSSR count). The van der Waals surface area contributed by atoms with Crippen molar-refractivity contribution in [3.63, 3.8) is 0 Å². The standard InChI is InChI=1S/C13H15ClN4O2/c1-19-7-8-6-11(18-15)17-13(16-8)12-9(14)4-3-5-10(12)20-2/h3-6H,7,15H2,1-2H3,(H,16,17,18). The minimum Gasteiger partial charge on any atom is -0.496 e. The fraction of sp³-hybridized carbons (Fsp3) is 0.231. The normalized spacial score (nSPS) is 10.4. The quantitative estimate of drug-likeness (QED) is 0.650. The molecule has 106 valence electrons. The van der Waals surface area contributed by atoms with Crippen molar-refractivity contribution in [2.75, 3.05) is 19.6 Å². The Morgan fingerprint density at radius 2 is 2.10 bits per heavy atom. The number of nitrogen functional groups attached to an aromatic ring is 1. The highest BCUT2D eigenvalue weighted by molar-refractivity contribution is 6.33. The number of nitrogens with one attached hydrogen (secondary N) is 1.